The molecule has 0 unspecified atom stereocenters. The molecule has 8 heteroatoms. The molecule has 0 aromatic heterocycles. The van der Waals surface area contributed by atoms with Crippen molar-refractivity contribution in [2.45, 2.75) is 56.3 Å². The number of ether oxygens (including phenoxy) is 1. The molecule has 29 heavy (non-hydrogen) atoms. The number of likely N-dealkylation sites (tertiary alicyclic amines) is 1. The maximum atomic E-state index is 13.2. The molecule has 0 saturated carbocycles. The maximum Gasteiger partial charge on any atom is 0.254 e. The molecule has 7 nitrogen and oxygen atoms in total. The van der Waals surface area contributed by atoms with E-state index < -0.39 is 10.0 Å². The molecule has 2 aliphatic heterocycles. The van der Waals surface area contributed by atoms with Gasteiger partial charge in [0, 0.05) is 37.8 Å². The molecule has 1 amide bonds. The second kappa shape index (κ2) is 9.12. The lowest BCUT2D eigenvalue weighted by Crippen LogP contribution is -2.48. The number of hydrogen-bond acceptors (Lipinski definition) is 5. The summed E-state index contributed by atoms with van der Waals surface area (Å²) < 4.78 is 33.5. The fourth-order valence-corrected chi connectivity index (χ4v) is 5.95. The van der Waals surface area contributed by atoms with Gasteiger partial charge in [-0.3, -0.25) is 4.79 Å². The first-order valence-corrected chi connectivity index (χ1v) is 11.8. The highest BCUT2D eigenvalue weighted by atomic mass is 32.2. The molecule has 3 atom stereocenters. The van der Waals surface area contributed by atoms with Gasteiger partial charge in [0.1, 0.15) is 0 Å². The second-order valence-electron chi connectivity index (χ2n) is 8.52. The number of carbonyl (C=O) groups is 1. The Bertz CT molecular complexity index is 817. The number of hydrogen-bond donors (Lipinski definition) is 0. The Morgan fingerprint density at radius 2 is 1.86 bits per heavy atom. The predicted molar refractivity (Wildman–Crippen MR) is 112 cm³/mol. The molecule has 2 aliphatic rings. The lowest BCUT2D eigenvalue weighted by atomic mass is 10.0. The van der Waals surface area contributed by atoms with Crippen LogP contribution in [0.15, 0.2) is 29.2 Å². The van der Waals surface area contributed by atoms with E-state index in [4.69, 9.17) is 4.74 Å². The number of benzene rings is 1. The third-order valence-corrected chi connectivity index (χ3v) is 7.40. The summed E-state index contributed by atoms with van der Waals surface area (Å²) in [6.45, 7) is 5.92. The van der Waals surface area contributed by atoms with Crippen LogP contribution in [0.25, 0.3) is 0 Å². The van der Waals surface area contributed by atoms with Gasteiger partial charge in [-0.1, -0.05) is 6.07 Å². The third-order valence-electron chi connectivity index (χ3n) is 5.57. The van der Waals surface area contributed by atoms with E-state index in [1.165, 1.54) is 10.4 Å². The Balaban J connectivity index is 1.84. The predicted octanol–water partition coefficient (Wildman–Crippen LogP) is 2.04. The van der Waals surface area contributed by atoms with Gasteiger partial charge in [-0.15, -0.1) is 0 Å². The van der Waals surface area contributed by atoms with Crippen molar-refractivity contribution >= 4 is 15.9 Å². The molecular formula is C21H33N3O4S. The number of sulfonamides is 1. The Hall–Kier alpha value is -1.48. The highest BCUT2D eigenvalue weighted by molar-refractivity contribution is 7.89. The Kier molecular flexibility index (Phi) is 6.98. The van der Waals surface area contributed by atoms with Crippen LogP contribution in [-0.4, -0.2) is 87.0 Å². The quantitative estimate of drug-likeness (QED) is 0.725. The molecule has 3 rings (SSSR count). The Morgan fingerprint density at radius 3 is 2.52 bits per heavy atom. The van der Waals surface area contributed by atoms with Gasteiger partial charge in [0.2, 0.25) is 10.0 Å². The van der Waals surface area contributed by atoms with Crippen molar-refractivity contribution in [1.29, 1.82) is 0 Å². The smallest absolute Gasteiger partial charge is 0.254 e. The number of morpholine rings is 1. The first-order chi connectivity index (χ1) is 13.7. The number of likely N-dealkylation sites (N-methyl/N-ethyl adjacent to an activating group) is 1. The fraction of sp³-hybridized carbons (Fsp3) is 0.667. The van der Waals surface area contributed by atoms with Crippen LogP contribution in [0.2, 0.25) is 0 Å². The summed E-state index contributed by atoms with van der Waals surface area (Å²) in [5.74, 6) is -0.0858. The van der Waals surface area contributed by atoms with E-state index in [-0.39, 0.29) is 29.1 Å². The summed E-state index contributed by atoms with van der Waals surface area (Å²) >= 11 is 0. The van der Waals surface area contributed by atoms with Crippen LogP contribution < -0.4 is 0 Å². The molecule has 0 bridgehead atoms. The zero-order chi connectivity index (χ0) is 21.2. The van der Waals surface area contributed by atoms with Gasteiger partial charge in [0.15, 0.2) is 0 Å². The van der Waals surface area contributed by atoms with Gasteiger partial charge >= 0.3 is 0 Å². The van der Waals surface area contributed by atoms with E-state index in [0.29, 0.717) is 25.2 Å². The average Bonchev–Trinajstić information content (AvgIpc) is 2.67. The van der Waals surface area contributed by atoms with Crippen LogP contribution in [0.5, 0.6) is 0 Å². The average molecular weight is 424 g/mol. The molecule has 1 aromatic rings. The van der Waals surface area contributed by atoms with Crippen molar-refractivity contribution in [1.82, 2.24) is 14.1 Å². The van der Waals surface area contributed by atoms with Crippen molar-refractivity contribution < 1.29 is 17.9 Å². The molecule has 0 radical (unpaired) electrons. The lowest BCUT2D eigenvalue weighted by Gasteiger charge is -2.37. The van der Waals surface area contributed by atoms with E-state index in [9.17, 15) is 13.2 Å². The van der Waals surface area contributed by atoms with Gasteiger partial charge < -0.3 is 14.5 Å². The summed E-state index contributed by atoms with van der Waals surface area (Å²) in [4.78, 5) is 17.4. The van der Waals surface area contributed by atoms with Crippen molar-refractivity contribution in [3.8, 4) is 0 Å². The van der Waals surface area contributed by atoms with Gasteiger partial charge in [-0.25, -0.2) is 8.42 Å². The molecule has 0 aliphatic carbocycles. The fourth-order valence-electron chi connectivity index (χ4n) is 4.31. The van der Waals surface area contributed by atoms with Crippen molar-refractivity contribution in [3.05, 3.63) is 29.8 Å². The van der Waals surface area contributed by atoms with E-state index in [0.717, 1.165) is 25.8 Å². The topological polar surface area (TPSA) is 70.2 Å². The number of carbonyl (C=O) groups excluding carboxylic acids is 1. The third kappa shape index (κ3) is 5.17. The van der Waals surface area contributed by atoms with Crippen molar-refractivity contribution in [2.75, 3.05) is 40.3 Å². The normalized spacial score (nSPS) is 26.7. The molecule has 0 N–H and O–H groups in total. The molecule has 2 fully saturated rings. The minimum atomic E-state index is -3.67. The van der Waals surface area contributed by atoms with E-state index in [1.807, 2.05) is 32.8 Å². The van der Waals surface area contributed by atoms with E-state index in [1.54, 1.807) is 18.2 Å². The zero-order valence-electron chi connectivity index (χ0n) is 17.9. The molecule has 1 aromatic carbocycles. The van der Waals surface area contributed by atoms with Crippen LogP contribution in [0.4, 0.5) is 0 Å². The summed E-state index contributed by atoms with van der Waals surface area (Å²) in [5.41, 5.74) is 0.436. The summed E-state index contributed by atoms with van der Waals surface area (Å²) in [6, 6.07) is 6.65. The first kappa shape index (κ1) is 22.2. The molecule has 0 spiro atoms. The largest absolute Gasteiger partial charge is 0.373 e. The minimum Gasteiger partial charge on any atom is -0.373 e. The monoisotopic (exact) mass is 423 g/mol. The van der Waals surface area contributed by atoms with Gasteiger partial charge in [0.25, 0.3) is 5.91 Å². The number of nitrogens with zero attached hydrogens (tertiary/aromatic N) is 3. The number of piperidine rings is 1. The molecule has 2 heterocycles. The van der Waals surface area contributed by atoms with Crippen molar-refractivity contribution in [2.24, 2.45) is 0 Å². The van der Waals surface area contributed by atoms with Crippen LogP contribution in [0.3, 0.4) is 0 Å². The van der Waals surface area contributed by atoms with Crippen LogP contribution in [0, 0.1) is 0 Å². The summed E-state index contributed by atoms with van der Waals surface area (Å²) in [6.07, 6.45) is 2.77. The van der Waals surface area contributed by atoms with Crippen LogP contribution >= 0.6 is 0 Å². The summed E-state index contributed by atoms with van der Waals surface area (Å²) in [5, 5.41) is 0. The van der Waals surface area contributed by atoms with Gasteiger partial charge in [-0.05, 0) is 65.4 Å². The van der Waals surface area contributed by atoms with E-state index >= 15 is 0 Å². The first-order valence-electron chi connectivity index (χ1n) is 10.4. The SMILES string of the molecule is C[C@@H]1CN(S(=O)(=O)c2cccc(C(=O)N3CCCC[C@H]3CN(C)C)c2)C[C@H](C)O1. The molecular weight excluding hydrogens is 390 g/mol. The highest BCUT2D eigenvalue weighted by Gasteiger charge is 2.33. The van der Waals surface area contributed by atoms with Gasteiger partial charge in [-0.2, -0.15) is 4.31 Å². The minimum absolute atomic E-state index is 0.0858. The molecule has 2 saturated heterocycles. The Morgan fingerprint density at radius 1 is 1.17 bits per heavy atom. The number of amides is 1. The van der Waals surface area contributed by atoms with Gasteiger partial charge in [0.05, 0.1) is 17.1 Å². The highest BCUT2D eigenvalue weighted by Crippen LogP contribution is 2.24. The Labute approximate surface area is 174 Å². The zero-order valence-corrected chi connectivity index (χ0v) is 18.7. The second-order valence-corrected chi connectivity index (χ2v) is 10.5. The standard InChI is InChI=1S/C21H33N3O4S/c1-16-13-23(14-17(2)28-16)29(26,27)20-10-7-8-18(12-20)21(25)24-11-6-5-9-19(24)15-22(3)4/h7-8,10,12,16-17,19H,5-6,9,11,13-15H2,1-4H3/t16-,17+,19-/m0/s1. The van der Waals surface area contributed by atoms with E-state index in [2.05, 4.69) is 4.90 Å². The summed E-state index contributed by atoms with van der Waals surface area (Å²) in [7, 11) is 0.345. The lowest BCUT2D eigenvalue weighted by molar-refractivity contribution is -0.0440. The van der Waals surface area contributed by atoms with Crippen LogP contribution in [-0.2, 0) is 14.8 Å². The van der Waals surface area contributed by atoms with Crippen molar-refractivity contribution in [3.63, 3.8) is 0 Å². The number of rotatable bonds is 5. The molecule has 162 valence electrons. The van der Waals surface area contributed by atoms with Crippen LogP contribution in [0.1, 0.15) is 43.5 Å². The maximum absolute atomic E-state index is 13.2.